The van der Waals surface area contributed by atoms with Crippen LogP contribution in [0.2, 0.25) is 0 Å². The highest BCUT2D eigenvalue weighted by atomic mass is 32.2. The SMILES string of the molecule is C=C(C)C(=O)OC(OCCC(F)(F)S(=O)(=O)[O-])(C(=O)OC1CCCCC1)C(F)(F)F. The molecule has 0 aromatic rings. The van der Waals surface area contributed by atoms with Crippen molar-refractivity contribution in [1.82, 2.24) is 0 Å². The zero-order valence-electron chi connectivity index (χ0n) is 15.8. The molecule has 0 heterocycles. The van der Waals surface area contributed by atoms with Crippen LogP contribution in [0.4, 0.5) is 22.0 Å². The van der Waals surface area contributed by atoms with E-state index in [1.807, 2.05) is 0 Å². The fourth-order valence-corrected chi connectivity index (χ4v) is 2.79. The Kier molecular flexibility index (Phi) is 8.36. The van der Waals surface area contributed by atoms with Crippen molar-refractivity contribution in [2.45, 2.75) is 68.8 Å². The lowest BCUT2D eigenvalue weighted by atomic mass is 9.98. The van der Waals surface area contributed by atoms with Gasteiger partial charge in [-0.3, -0.25) is 0 Å². The maximum absolute atomic E-state index is 13.8. The summed E-state index contributed by atoms with van der Waals surface area (Å²) in [5.41, 5.74) is -0.579. The van der Waals surface area contributed by atoms with Crippen molar-refractivity contribution >= 4 is 22.1 Å². The van der Waals surface area contributed by atoms with Crippen LogP contribution in [-0.2, 0) is 33.9 Å². The van der Waals surface area contributed by atoms with E-state index in [4.69, 9.17) is 4.74 Å². The van der Waals surface area contributed by atoms with Gasteiger partial charge in [-0.25, -0.2) is 18.0 Å². The van der Waals surface area contributed by atoms with E-state index >= 15 is 0 Å². The van der Waals surface area contributed by atoms with E-state index in [1.54, 1.807) is 0 Å². The molecule has 0 aromatic carbocycles. The molecule has 0 bridgehead atoms. The van der Waals surface area contributed by atoms with Gasteiger partial charge >= 0.3 is 29.2 Å². The van der Waals surface area contributed by atoms with Crippen molar-refractivity contribution in [1.29, 1.82) is 0 Å². The summed E-state index contributed by atoms with van der Waals surface area (Å²) in [7, 11) is -6.22. The molecular formula is C16H20F5O8S-. The van der Waals surface area contributed by atoms with Crippen molar-refractivity contribution < 1.29 is 58.7 Å². The quantitative estimate of drug-likeness (QED) is 0.167. The number of esters is 2. The van der Waals surface area contributed by atoms with Gasteiger partial charge in [-0.1, -0.05) is 13.0 Å². The Morgan fingerprint density at radius 2 is 1.63 bits per heavy atom. The molecule has 1 fully saturated rings. The molecule has 174 valence electrons. The number of alkyl halides is 5. The van der Waals surface area contributed by atoms with Crippen molar-refractivity contribution in [3.8, 4) is 0 Å². The zero-order chi connectivity index (χ0) is 23.4. The van der Waals surface area contributed by atoms with Gasteiger partial charge in [0, 0.05) is 12.0 Å². The predicted octanol–water partition coefficient (Wildman–Crippen LogP) is 2.78. The largest absolute Gasteiger partial charge is 0.743 e. The summed E-state index contributed by atoms with van der Waals surface area (Å²) in [6.07, 6.45) is -6.47. The second kappa shape index (κ2) is 9.56. The van der Waals surface area contributed by atoms with Gasteiger partial charge in [-0.15, -0.1) is 0 Å². The highest BCUT2D eigenvalue weighted by Crippen LogP contribution is 2.39. The lowest BCUT2D eigenvalue weighted by molar-refractivity contribution is -0.357. The number of carbonyl (C=O) groups excluding carboxylic acids is 2. The molecule has 1 unspecified atom stereocenters. The molecule has 0 amide bonds. The third kappa shape index (κ3) is 6.35. The van der Waals surface area contributed by atoms with Gasteiger partial charge in [0.25, 0.3) is 0 Å². The monoisotopic (exact) mass is 467 g/mol. The van der Waals surface area contributed by atoms with Crippen LogP contribution in [0.3, 0.4) is 0 Å². The summed E-state index contributed by atoms with van der Waals surface area (Å²) in [5.74, 6) is -8.41. The van der Waals surface area contributed by atoms with E-state index in [9.17, 15) is 44.5 Å². The maximum Gasteiger partial charge on any atom is 0.468 e. The molecule has 0 aromatic heterocycles. The molecule has 8 nitrogen and oxygen atoms in total. The second-order valence-corrected chi connectivity index (χ2v) is 8.14. The fraction of sp³-hybridized carbons (Fsp3) is 0.750. The van der Waals surface area contributed by atoms with Crippen LogP contribution in [0.15, 0.2) is 12.2 Å². The first-order valence-corrected chi connectivity index (χ1v) is 10.1. The van der Waals surface area contributed by atoms with Gasteiger partial charge in [0.1, 0.15) is 6.10 Å². The minimum atomic E-state index is -6.22. The number of hydrogen-bond acceptors (Lipinski definition) is 8. The molecule has 0 N–H and O–H groups in total. The summed E-state index contributed by atoms with van der Waals surface area (Å²) >= 11 is 0. The summed E-state index contributed by atoms with van der Waals surface area (Å²) in [4.78, 5) is 24.1. The van der Waals surface area contributed by atoms with Crippen LogP contribution in [0.5, 0.6) is 0 Å². The molecule has 0 radical (unpaired) electrons. The Bertz CT molecular complexity index is 758. The second-order valence-electron chi connectivity index (χ2n) is 6.64. The Labute approximate surface area is 169 Å². The first kappa shape index (κ1) is 26.2. The molecular weight excluding hydrogens is 447 g/mol. The highest BCUT2D eigenvalue weighted by molar-refractivity contribution is 7.86. The minimum Gasteiger partial charge on any atom is -0.743 e. The average Bonchev–Trinajstić information content (AvgIpc) is 2.59. The summed E-state index contributed by atoms with van der Waals surface area (Å²) in [6, 6.07) is 0. The molecule has 14 heteroatoms. The average molecular weight is 467 g/mol. The lowest BCUT2D eigenvalue weighted by Gasteiger charge is -2.34. The molecule has 0 aliphatic heterocycles. The first-order valence-electron chi connectivity index (χ1n) is 8.67. The molecule has 1 saturated carbocycles. The lowest BCUT2D eigenvalue weighted by Crippen LogP contribution is -2.59. The third-order valence-electron chi connectivity index (χ3n) is 4.12. The van der Waals surface area contributed by atoms with E-state index in [1.165, 1.54) is 0 Å². The van der Waals surface area contributed by atoms with Crippen molar-refractivity contribution in [2.75, 3.05) is 6.61 Å². The van der Waals surface area contributed by atoms with Gasteiger partial charge in [-0.2, -0.15) is 22.0 Å². The van der Waals surface area contributed by atoms with E-state index in [0.29, 0.717) is 12.8 Å². The third-order valence-corrected chi connectivity index (χ3v) is 5.05. The smallest absolute Gasteiger partial charge is 0.468 e. The first-order chi connectivity index (χ1) is 13.5. The summed E-state index contributed by atoms with van der Waals surface area (Å²) in [5, 5.41) is -4.99. The maximum atomic E-state index is 13.8. The molecule has 1 aliphatic rings. The number of ether oxygens (including phenoxy) is 3. The summed E-state index contributed by atoms with van der Waals surface area (Å²) < 4.78 is 112. The van der Waals surface area contributed by atoms with Gasteiger partial charge in [-0.05, 0) is 32.6 Å². The minimum absolute atomic E-state index is 0.223. The van der Waals surface area contributed by atoms with E-state index in [-0.39, 0.29) is 12.8 Å². The highest BCUT2D eigenvalue weighted by Gasteiger charge is 2.68. The van der Waals surface area contributed by atoms with Crippen LogP contribution in [0.25, 0.3) is 0 Å². The molecule has 1 rings (SSSR count). The number of carbonyl (C=O) groups is 2. The van der Waals surface area contributed by atoms with Crippen LogP contribution in [0, 0.1) is 0 Å². The number of rotatable bonds is 9. The topological polar surface area (TPSA) is 119 Å². The standard InChI is InChI=1S/C16H21F5O8S/c1-10(2)12(22)29-15(16(19,20)21,13(23)28-11-6-4-3-5-7-11)27-9-8-14(17,18)30(24,25)26/h11H,1,3-9H2,2H3,(H,24,25,26)/p-1. The number of hydrogen-bond donors (Lipinski definition) is 0. The molecule has 1 atom stereocenters. The van der Waals surface area contributed by atoms with Crippen LogP contribution in [0.1, 0.15) is 45.4 Å². The van der Waals surface area contributed by atoms with Gasteiger partial charge < -0.3 is 18.8 Å². The fourth-order valence-electron chi connectivity index (χ4n) is 2.45. The van der Waals surface area contributed by atoms with E-state index in [0.717, 1.165) is 13.3 Å². The molecule has 30 heavy (non-hydrogen) atoms. The van der Waals surface area contributed by atoms with E-state index < -0.39 is 64.0 Å². The Morgan fingerprint density at radius 3 is 2.07 bits per heavy atom. The molecule has 0 saturated heterocycles. The van der Waals surface area contributed by atoms with Gasteiger partial charge in [0.15, 0.2) is 10.1 Å². The normalized spacial score (nSPS) is 18.4. The Morgan fingerprint density at radius 1 is 1.10 bits per heavy atom. The van der Waals surface area contributed by atoms with Crippen LogP contribution in [-0.4, -0.2) is 54.8 Å². The van der Waals surface area contributed by atoms with E-state index in [2.05, 4.69) is 16.1 Å². The Hall–Kier alpha value is -1.80. The zero-order valence-corrected chi connectivity index (χ0v) is 16.6. The molecule has 0 spiro atoms. The van der Waals surface area contributed by atoms with Gasteiger partial charge in [0.2, 0.25) is 0 Å². The van der Waals surface area contributed by atoms with Gasteiger partial charge in [0.05, 0.1) is 6.61 Å². The summed E-state index contributed by atoms with van der Waals surface area (Å²) in [6.45, 7) is 2.23. The van der Waals surface area contributed by atoms with Crippen molar-refractivity contribution in [3.63, 3.8) is 0 Å². The Balaban J connectivity index is 3.20. The predicted molar refractivity (Wildman–Crippen MR) is 87.9 cm³/mol. The van der Waals surface area contributed by atoms with Crippen LogP contribution < -0.4 is 0 Å². The van der Waals surface area contributed by atoms with Crippen LogP contribution >= 0.6 is 0 Å². The molecule has 1 aliphatic carbocycles. The van der Waals surface area contributed by atoms with Crippen molar-refractivity contribution in [3.05, 3.63) is 12.2 Å². The van der Waals surface area contributed by atoms with Crippen molar-refractivity contribution in [2.24, 2.45) is 0 Å². The number of halogens is 5.